The zero-order valence-corrected chi connectivity index (χ0v) is 9.62. The molecule has 1 aromatic carbocycles. The smallest absolute Gasteiger partial charge is 0.310 e. The van der Waals surface area contributed by atoms with Crippen LogP contribution in [0, 0.1) is 11.7 Å². The van der Waals surface area contributed by atoms with Gasteiger partial charge in [-0.3, -0.25) is 4.79 Å². The molecule has 1 aromatic rings. The molecule has 0 bridgehead atoms. The van der Waals surface area contributed by atoms with Crippen LogP contribution in [0.4, 0.5) is 4.39 Å². The highest BCUT2D eigenvalue weighted by Crippen LogP contribution is 2.14. The Labute approximate surface area is 100.0 Å². The van der Waals surface area contributed by atoms with E-state index < -0.39 is 0 Å². The molecule has 0 unspecified atom stereocenters. The van der Waals surface area contributed by atoms with E-state index in [1.165, 1.54) is 6.07 Å². The number of nitrogens with one attached hydrogen (secondary N) is 1. The maximum atomic E-state index is 13.3. The Hall–Kier alpha value is -1.42. The molecule has 92 valence electrons. The van der Waals surface area contributed by atoms with Crippen LogP contribution in [0.5, 0.6) is 0 Å². The van der Waals surface area contributed by atoms with Gasteiger partial charge in [0.1, 0.15) is 12.4 Å². The van der Waals surface area contributed by atoms with Crippen molar-refractivity contribution in [3.8, 4) is 0 Å². The van der Waals surface area contributed by atoms with Crippen molar-refractivity contribution < 1.29 is 13.9 Å². The Morgan fingerprint density at radius 3 is 3.00 bits per heavy atom. The predicted octanol–water partition coefficient (Wildman–Crippen LogP) is 1.87. The number of hydrogen-bond donors (Lipinski definition) is 1. The van der Waals surface area contributed by atoms with Crippen molar-refractivity contribution in [3.63, 3.8) is 0 Å². The van der Waals surface area contributed by atoms with E-state index in [0.717, 1.165) is 19.4 Å². The highest BCUT2D eigenvalue weighted by atomic mass is 19.1. The second-order valence-corrected chi connectivity index (χ2v) is 4.24. The van der Waals surface area contributed by atoms with Gasteiger partial charge in [-0.2, -0.15) is 0 Å². The second-order valence-electron chi connectivity index (χ2n) is 4.24. The van der Waals surface area contributed by atoms with E-state index in [2.05, 4.69) is 5.32 Å². The average Bonchev–Trinajstić information content (AvgIpc) is 2.38. The van der Waals surface area contributed by atoms with Crippen LogP contribution in [0.15, 0.2) is 24.3 Å². The van der Waals surface area contributed by atoms with Crippen LogP contribution >= 0.6 is 0 Å². The molecule has 1 aliphatic heterocycles. The molecule has 17 heavy (non-hydrogen) atoms. The molecule has 0 radical (unpaired) electrons. The van der Waals surface area contributed by atoms with Gasteiger partial charge in [0.25, 0.3) is 0 Å². The van der Waals surface area contributed by atoms with Crippen LogP contribution in [0.25, 0.3) is 0 Å². The highest BCUT2D eigenvalue weighted by Gasteiger charge is 2.22. The van der Waals surface area contributed by atoms with E-state index in [1.54, 1.807) is 18.2 Å². The molecular weight excluding hydrogens is 221 g/mol. The van der Waals surface area contributed by atoms with E-state index in [-0.39, 0.29) is 24.3 Å². The van der Waals surface area contributed by atoms with Crippen LogP contribution < -0.4 is 5.32 Å². The van der Waals surface area contributed by atoms with E-state index in [9.17, 15) is 9.18 Å². The normalized spacial score (nSPS) is 19.9. The lowest BCUT2D eigenvalue weighted by atomic mass is 10.0. The lowest BCUT2D eigenvalue weighted by Gasteiger charge is -2.21. The summed E-state index contributed by atoms with van der Waals surface area (Å²) < 4.78 is 18.4. The molecule has 0 aliphatic carbocycles. The fourth-order valence-corrected chi connectivity index (χ4v) is 1.94. The maximum absolute atomic E-state index is 13.3. The Bertz CT molecular complexity index is 389. The van der Waals surface area contributed by atoms with Gasteiger partial charge in [-0.25, -0.2) is 4.39 Å². The summed E-state index contributed by atoms with van der Waals surface area (Å²) in [6.07, 6.45) is 1.84. The SMILES string of the molecule is O=C(OCc1ccccc1F)[C@H]1CCCNC1. The number of benzene rings is 1. The minimum atomic E-state index is -0.331. The van der Waals surface area contributed by atoms with Crippen molar-refractivity contribution in [1.82, 2.24) is 5.32 Å². The minimum Gasteiger partial charge on any atom is -0.460 e. The molecule has 1 heterocycles. The summed E-state index contributed by atoms with van der Waals surface area (Å²) >= 11 is 0. The monoisotopic (exact) mass is 237 g/mol. The summed E-state index contributed by atoms with van der Waals surface area (Å²) in [6.45, 7) is 1.63. The van der Waals surface area contributed by atoms with Gasteiger partial charge in [0.2, 0.25) is 0 Å². The van der Waals surface area contributed by atoms with Crippen LogP contribution in [-0.4, -0.2) is 19.1 Å². The molecule has 0 saturated carbocycles. The van der Waals surface area contributed by atoms with Crippen molar-refractivity contribution in [2.24, 2.45) is 5.92 Å². The molecule has 0 amide bonds. The minimum absolute atomic E-state index is 0.0159. The van der Waals surface area contributed by atoms with E-state index in [1.807, 2.05) is 0 Å². The molecule has 4 heteroatoms. The maximum Gasteiger partial charge on any atom is 0.310 e. The van der Waals surface area contributed by atoms with Gasteiger partial charge in [0, 0.05) is 12.1 Å². The number of piperidine rings is 1. The Morgan fingerprint density at radius 2 is 2.29 bits per heavy atom. The number of ether oxygens (including phenoxy) is 1. The largest absolute Gasteiger partial charge is 0.460 e. The van der Waals surface area contributed by atoms with Crippen LogP contribution in [0.2, 0.25) is 0 Å². The van der Waals surface area contributed by atoms with Crippen LogP contribution in [-0.2, 0) is 16.1 Å². The molecule has 0 aromatic heterocycles. The lowest BCUT2D eigenvalue weighted by Crippen LogP contribution is -2.35. The number of halogens is 1. The van der Waals surface area contributed by atoms with Crippen molar-refractivity contribution in [1.29, 1.82) is 0 Å². The van der Waals surface area contributed by atoms with Gasteiger partial charge in [-0.15, -0.1) is 0 Å². The predicted molar refractivity (Wildman–Crippen MR) is 61.8 cm³/mol. The number of esters is 1. The fourth-order valence-electron chi connectivity index (χ4n) is 1.94. The van der Waals surface area contributed by atoms with Gasteiger partial charge in [-0.1, -0.05) is 18.2 Å². The molecule has 1 saturated heterocycles. The molecule has 0 spiro atoms. The summed E-state index contributed by atoms with van der Waals surface area (Å²) in [5.41, 5.74) is 0.421. The highest BCUT2D eigenvalue weighted by molar-refractivity contribution is 5.72. The van der Waals surface area contributed by atoms with Gasteiger partial charge < -0.3 is 10.1 Å². The Kier molecular flexibility index (Phi) is 4.09. The third-order valence-electron chi connectivity index (χ3n) is 2.96. The van der Waals surface area contributed by atoms with Gasteiger partial charge in [0.05, 0.1) is 5.92 Å². The number of hydrogen-bond acceptors (Lipinski definition) is 3. The van der Waals surface area contributed by atoms with Crippen molar-refractivity contribution in [2.75, 3.05) is 13.1 Å². The van der Waals surface area contributed by atoms with Crippen molar-refractivity contribution >= 4 is 5.97 Å². The van der Waals surface area contributed by atoms with Crippen molar-refractivity contribution in [2.45, 2.75) is 19.4 Å². The summed E-state index contributed by atoms with van der Waals surface area (Å²) in [6, 6.07) is 6.34. The molecular formula is C13H16FNO2. The third-order valence-corrected chi connectivity index (χ3v) is 2.96. The summed E-state index contributed by atoms with van der Waals surface area (Å²) in [5, 5.41) is 3.15. The standard InChI is InChI=1S/C13H16FNO2/c14-12-6-2-1-4-11(12)9-17-13(16)10-5-3-7-15-8-10/h1-2,4,6,10,15H,3,5,7-9H2/t10-/m0/s1. The second kappa shape index (κ2) is 5.77. The zero-order chi connectivity index (χ0) is 12.1. The van der Waals surface area contributed by atoms with Crippen LogP contribution in [0.1, 0.15) is 18.4 Å². The van der Waals surface area contributed by atoms with Crippen molar-refractivity contribution in [3.05, 3.63) is 35.6 Å². The third kappa shape index (κ3) is 3.27. The fraction of sp³-hybridized carbons (Fsp3) is 0.462. The summed E-state index contributed by atoms with van der Waals surface area (Å²) in [5.74, 6) is -0.655. The summed E-state index contributed by atoms with van der Waals surface area (Å²) in [7, 11) is 0. The molecule has 1 N–H and O–H groups in total. The van der Waals surface area contributed by atoms with E-state index >= 15 is 0 Å². The van der Waals surface area contributed by atoms with E-state index in [0.29, 0.717) is 12.1 Å². The number of carbonyl (C=O) groups excluding carboxylic acids is 1. The van der Waals surface area contributed by atoms with E-state index in [4.69, 9.17) is 4.74 Å². The topological polar surface area (TPSA) is 38.3 Å². The first-order valence-electron chi connectivity index (χ1n) is 5.88. The Balaban J connectivity index is 1.85. The van der Waals surface area contributed by atoms with Crippen LogP contribution in [0.3, 0.4) is 0 Å². The van der Waals surface area contributed by atoms with Gasteiger partial charge in [0.15, 0.2) is 0 Å². The molecule has 1 aliphatic rings. The Morgan fingerprint density at radius 1 is 1.47 bits per heavy atom. The first-order chi connectivity index (χ1) is 8.27. The molecule has 1 fully saturated rings. The average molecular weight is 237 g/mol. The van der Waals surface area contributed by atoms with Gasteiger partial charge >= 0.3 is 5.97 Å². The number of rotatable bonds is 3. The quantitative estimate of drug-likeness (QED) is 0.816. The zero-order valence-electron chi connectivity index (χ0n) is 9.62. The number of carbonyl (C=O) groups is 1. The molecule has 2 rings (SSSR count). The lowest BCUT2D eigenvalue weighted by molar-refractivity contribution is -0.150. The first-order valence-corrected chi connectivity index (χ1v) is 5.88. The van der Waals surface area contributed by atoms with Gasteiger partial charge in [-0.05, 0) is 25.5 Å². The summed E-state index contributed by atoms with van der Waals surface area (Å²) in [4.78, 5) is 11.7. The first kappa shape index (κ1) is 12.0. The molecule has 1 atom stereocenters. The molecule has 3 nitrogen and oxygen atoms in total.